The molecule has 0 radical (unpaired) electrons. The summed E-state index contributed by atoms with van der Waals surface area (Å²) in [6, 6.07) is 18.2. The average molecular weight is 782 g/mol. The van der Waals surface area contributed by atoms with Crippen LogP contribution in [0.5, 0.6) is 5.88 Å². The van der Waals surface area contributed by atoms with Gasteiger partial charge in [0.25, 0.3) is 5.56 Å². The molecule has 1 N–H and O–H groups in total. The largest absolute Gasteiger partial charge is 0.481 e. The Morgan fingerprint density at radius 1 is 0.964 bits per heavy atom. The van der Waals surface area contributed by atoms with Gasteiger partial charge < -0.3 is 14.8 Å². The van der Waals surface area contributed by atoms with Gasteiger partial charge in [0.1, 0.15) is 24.0 Å². The van der Waals surface area contributed by atoms with Gasteiger partial charge in [0.2, 0.25) is 21.8 Å². The van der Waals surface area contributed by atoms with E-state index in [9.17, 15) is 26.8 Å². The number of nitrogens with one attached hydrogen (secondary N) is 1. The highest BCUT2D eigenvalue weighted by Crippen LogP contribution is 2.38. The maximum absolute atomic E-state index is 14.6. The number of ether oxygens (including phenoxy) is 2. The molecule has 0 spiro atoms. The molecule has 1 amide bonds. The first-order valence-electron chi connectivity index (χ1n) is 18.1. The third-order valence-electron chi connectivity index (χ3n) is 9.85. The molecule has 1 atom stereocenters. The third kappa shape index (κ3) is 7.80. The van der Waals surface area contributed by atoms with Gasteiger partial charge in [-0.05, 0) is 84.6 Å². The average Bonchev–Trinajstić information content (AvgIpc) is 3.95. The molecule has 1 unspecified atom stereocenters. The predicted molar refractivity (Wildman–Crippen MR) is 202 cm³/mol. The van der Waals surface area contributed by atoms with Crippen LogP contribution in [0.2, 0.25) is 0 Å². The van der Waals surface area contributed by atoms with E-state index in [0.29, 0.717) is 17.4 Å². The van der Waals surface area contributed by atoms with E-state index >= 15 is 0 Å². The number of nitrogens with zero attached hydrogens (tertiary/aromatic N) is 6. The molecule has 1 aliphatic carbocycles. The SMILES string of the molecule is COc1ccc(-c2ccc3c(=O)n(-c4ccc(S(=O)(=O)N5CCOCC5)cc4)c(C(Cc4cc(F)cc(F)c4)NC(=O)Cn4ccc(C5CC5)n4)nc3c2)cn1. The van der Waals surface area contributed by atoms with E-state index in [0.717, 1.165) is 42.3 Å². The molecule has 56 heavy (non-hydrogen) atoms. The first-order valence-corrected chi connectivity index (χ1v) is 19.5. The van der Waals surface area contributed by atoms with E-state index in [2.05, 4.69) is 15.4 Å². The second-order valence-corrected chi connectivity index (χ2v) is 15.7. The number of morpholine rings is 1. The third-order valence-corrected chi connectivity index (χ3v) is 11.8. The van der Waals surface area contributed by atoms with Crippen molar-refractivity contribution < 1.29 is 31.5 Å². The second kappa shape index (κ2) is 15.4. The summed E-state index contributed by atoms with van der Waals surface area (Å²) in [5.41, 5.74) is 2.55. The lowest BCUT2D eigenvalue weighted by Crippen LogP contribution is -2.40. The molecule has 0 bridgehead atoms. The minimum Gasteiger partial charge on any atom is -0.481 e. The van der Waals surface area contributed by atoms with Crippen LogP contribution in [-0.4, -0.2) is 76.4 Å². The lowest BCUT2D eigenvalue weighted by molar-refractivity contribution is -0.122. The van der Waals surface area contributed by atoms with Gasteiger partial charge in [-0.1, -0.05) is 6.07 Å². The summed E-state index contributed by atoms with van der Waals surface area (Å²) >= 11 is 0. The number of hydrogen-bond acceptors (Lipinski definition) is 9. The zero-order valence-corrected chi connectivity index (χ0v) is 31.1. The van der Waals surface area contributed by atoms with Gasteiger partial charge in [-0.2, -0.15) is 9.40 Å². The van der Waals surface area contributed by atoms with Gasteiger partial charge >= 0.3 is 0 Å². The summed E-state index contributed by atoms with van der Waals surface area (Å²) in [7, 11) is -2.35. The van der Waals surface area contributed by atoms with Crippen LogP contribution in [0.25, 0.3) is 27.7 Å². The molecule has 3 aromatic carbocycles. The number of rotatable bonds is 12. The lowest BCUT2D eigenvalue weighted by atomic mass is 10.0. The standard InChI is InChI=1S/C40H37F2N7O6S/c1-54-38-11-5-28(23-43-38)27-4-10-33-35(21-27)45-39(49(40(33)51)31-6-8-32(9-7-31)56(52,53)48-14-16-55-17-15-48)36(20-25-18-29(41)22-30(42)19-25)44-37(50)24-47-13-12-34(46-47)26-2-3-26/h4-13,18-19,21-23,26,36H,2-3,14-17,20,24H2,1H3,(H,44,50). The number of halogens is 2. The molecule has 288 valence electrons. The van der Waals surface area contributed by atoms with Crippen molar-refractivity contribution in [3.05, 3.63) is 130 Å². The number of aromatic nitrogens is 5. The number of sulfonamides is 1. The van der Waals surface area contributed by atoms with Crippen molar-refractivity contribution in [3.63, 3.8) is 0 Å². The Labute approximate surface area is 320 Å². The van der Waals surface area contributed by atoms with E-state index in [4.69, 9.17) is 14.5 Å². The van der Waals surface area contributed by atoms with Crippen LogP contribution in [-0.2, 0) is 32.5 Å². The van der Waals surface area contributed by atoms with Crippen molar-refractivity contribution in [3.8, 4) is 22.7 Å². The molecule has 13 nitrogen and oxygen atoms in total. The van der Waals surface area contributed by atoms with Crippen molar-refractivity contribution in [2.45, 2.75) is 42.7 Å². The first kappa shape index (κ1) is 37.1. The summed E-state index contributed by atoms with van der Waals surface area (Å²) in [5.74, 6) is -1.26. The Balaban J connectivity index is 1.25. The van der Waals surface area contributed by atoms with Crippen molar-refractivity contribution in [2.75, 3.05) is 33.4 Å². The van der Waals surface area contributed by atoms with E-state index < -0.39 is 39.2 Å². The number of amides is 1. The molecule has 2 fully saturated rings. The summed E-state index contributed by atoms with van der Waals surface area (Å²) in [6.07, 6.45) is 5.27. The number of pyridine rings is 1. The Kier molecular flexibility index (Phi) is 10.2. The van der Waals surface area contributed by atoms with Crippen LogP contribution in [0.3, 0.4) is 0 Å². The smallest absolute Gasteiger partial charge is 0.266 e. The molecule has 1 saturated carbocycles. The van der Waals surface area contributed by atoms with Crippen LogP contribution in [0.15, 0.2) is 101 Å². The molecule has 8 rings (SSSR count). The van der Waals surface area contributed by atoms with Crippen LogP contribution < -0.4 is 15.6 Å². The first-order chi connectivity index (χ1) is 27.0. The highest BCUT2D eigenvalue weighted by molar-refractivity contribution is 7.89. The number of carbonyl (C=O) groups is 1. The van der Waals surface area contributed by atoms with E-state index in [1.807, 2.05) is 12.1 Å². The van der Waals surface area contributed by atoms with Gasteiger partial charge in [-0.3, -0.25) is 18.8 Å². The summed E-state index contributed by atoms with van der Waals surface area (Å²) in [5, 5.41) is 7.73. The van der Waals surface area contributed by atoms with Gasteiger partial charge in [0.15, 0.2) is 0 Å². The molecule has 1 saturated heterocycles. The molecule has 2 aliphatic rings. The predicted octanol–water partition coefficient (Wildman–Crippen LogP) is 4.93. The van der Waals surface area contributed by atoms with Gasteiger partial charge in [0, 0.05) is 55.5 Å². The van der Waals surface area contributed by atoms with E-state index in [1.54, 1.807) is 36.7 Å². The number of hydrogen-bond donors (Lipinski definition) is 1. The number of benzene rings is 3. The Morgan fingerprint density at radius 2 is 1.70 bits per heavy atom. The van der Waals surface area contributed by atoms with Crippen molar-refractivity contribution in [2.24, 2.45) is 0 Å². The quantitative estimate of drug-likeness (QED) is 0.182. The van der Waals surface area contributed by atoms with Crippen molar-refractivity contribution >= 4 is 26.8 Å². The number of methoxy groups -OCH3 is 1. The topological polar surface area (TPSA) is 151 Å². The van der Waals surface area contributed by atoms with Gasteiger partial charge in [0.05, 0.1) is 53.5 Å². The number of carbonyl (C=O) groups excluding carboxylic acids is 1. The molecule has 4 heterocycles. The van der Waals surface area contributed by atoms with Gasteiger partial charge in [-0.25, -0.2) is 27.2 Å². The van der Waals surface area contributed by atoms with Crippen LogP contribution in [0.4, 0.5) is 8.78 Å². The minimum atomic E-state index is -3.86. The zero-order chi connectivity index (χ0) is 39.0. The van der Waals surface area contributed by atoms with Gasteiger partial charge in [-0.15, -0.1) is 0 Å². The Hall–Kier alpha value is -5.84. The molecular formula is C40H37F2N7O6S. The van der Waals surface area contributed by atoms with Crippen LogP contribution >= 0.6 is 0 Å². The molecular weight excluding hydrogens is 745 g/mol. The van der Waals surface area contributed by atoms with E-state index in [-0.39, 0.29) is 72.1 Å². The molecule has 1 aliphatic heterocycles. The normalized spacial score (nSPS) is 15.5. The van der Waals surface area contributed by atoms with Crippen LogP contribution in [0, 0.1) is 11.6 Å². The van der Waals surface area contributed by atoms with E-state index in [1.165, 1.54) is 44.9 Å². The fourth-order valence-corrected chi connectivity index (χ4v) is 8.27. The second-order valence-electron chi connectivity index (χ2n) is 13.8. The molecule has 16 heteroatoms. The Bertz CT molecular complexity index is 2570. The zero-order valence-electron chi connectivity index (χ0n) is 30.3. The lowest BCUT2D eigenvalue weighted by Gasteiger charge is -2.26. The summed E-state index contributed by atoms with van der Waals surface area (Å²) in [4.78, 5) is 37.7. The highest BCUT2D eigenvalue weighted by Gasteiger charge is 2.29. The molecule has 3 aromatic heterocycles. The summed E-state index contributed by atoms with van der Waals surface area (Å²) in [6.45, 7) is 0.805. The minimum absolute atomic E-state index is 0.0223. The maximum atomic E-state index is 14.6. The van der Waals surface area contributed by atoms with Crippen LogP contribution in [0.1, 0.15) is 41.9 Å². The molecule has 6 aromatic rings. The maximum Gasteiger partial charge on any atom is 0.266 e. The monoisotopic (exact) mass is 781 g/mol. The van der Waals surface area contributed by atoms with Crippen molar-refractivity contribution in [1.29, 1.82) is 0 Å². The fraction of sp³-hybridized carbons (Fsp3) is 0.275. The highest BCUT2D eigenvalue weighted by atomic mass is 32.2. The Morgan fingerprint density at radius 3 is 2.38 bits per heavy atom. The summed E-state index contributed by atoms with van der Waals surface area (Å²) < 4.78 is 70.7. The number of fused-ring (bicyclic) bond motifs is 1. The van der Waals surface area contributed by atoms with Crippen molar-refractivity contribution in [1.82, 2.24) is 33.9 Å². The fourth-order valence-electron chi connectivity index (χ4n) is 6.86.